The Labute approximate surface area is 172 Å². The summed E-state index contributed by atoms with van der Waals surface area (Å²) in [7, 11) is 0. The fourth-order valence-electron chi connectivity index (χ4n) is 4.08. The van der Waals surface area contributed by atoms with Crippen molar-refractivity contribution in [2.75, 3.05) is 39.3 Å². The third-order valence-corrected chi connectivity index (χ3v) is 5.79. The van der Waals surface area contributed by atoms with Crippen molar-refractivity contribution < 1.29 is 14.3 Å². The van der Waals surface area contributed by atoms with Crippen LogP contribution in [0.25, 0.3) is 0 Å². The van der Waals surface area contributed by atoms with Crippen LogP contribution in [0.3, 0.4) is 0 Å². The van der Waals surface area contributed by atoms with Gasteiger partial charge < -0.3 is 9.72 Å². The Hall–Kier alpha value is -2.44. The van der Waals surface area contributed by atoms with Crippen molar-refractivity contribution >= 4 is 11.6 Å². The molecule has 6 heteroatoms. The van der Waals surface area contributed by atoms with Gasteiger partial charge in [0.15, 0.2) is 11.6 Å². The van der Waals surface area contributed by atoms with E-state index >= 15 is 0 Å². The Kier molecular flexibility index (Phi) is 6.87. The molecule has 156 valence electrons. The van der Waals surface area contributed by atoms with Crippen molar-refractivity contribution in [3.8, 4) is 5.75 Å². The summed E-state index contributed by atoms with van der Waals surface area (Å²) in [4.78, 5) is 32.6. The van der Waals surface area contributed by atoms with Crippen LogP contribution in [0.5, 0.6) is 5.75 Å². The Morgan fingerprint density at radius 1 is 1.10 bits per heavy atom. The fourth-order valence-corrected chi connectivity index (χ4v) is 4.08. The lowest BCUT2D eigenvalue weighted by Gasteiger charge is -2.37. The molecule has 2 heterocycles. The van der Waals surface area contributed by atoms with Gasteiger partial charge in [-0.05, 0) is 45.4 Å². The van der Waals surface area contributed by atoms with Gasteiger partial charge in [0, 0.05) is 44.0 Å². The number of benzene rings is 1. The number of aromatic amines is 1. The lowest BCUT2D eigenvalue weighted by atomic mass is 10.0. The SMILES string of the molecule is CC(=O)c1c(C)[nH]c(C(=O)C(C)N2CCN(CCOc3ccccc3)CC2)c1C. The van der Waals surface area contributed by atoms with Crippen molar-refractivity contribution in [2.24, 2.45) is 0 Å². The first-order valence-corrected chi connectivity index (χ1v) is 10.3. The molecule has 1 aliphatic rings. The largest absolute Gasteiger partial charge is 0.492 e. The van der Waals surface area contributed by atoms with Gasteiger partial charge in [-0.3, -0.25) is 19.4 Å². The van der Waals surface area contributed by atoms with Crippen molar-refractivity contribution in [2.45, 2.75) is 33.7 Å². The lowest BCUT2D eigenvalue weighted by molar-refractivity contribution is 0.0668. The van der Waals surface area contributed by atoms with Gasteiger partial charge in [0.2, 0.25) is 0 Å². The summed E-state index contributed by atoms with van der Waals surface area (Å²) in [6.45, 7) is 12.3. The average molecular weight is 398 g/mol. The van der Waals surface area contributed by atoms with E-state index in [1.54, 1.807) is 6.92 Å². The molecule has 2 aromatic rings. The number of rotatable bonds is 8. The minimum atomic E-state index is -0.214. The molecule has 1 aromatic carbocycles. The zero-order valence-corrected chi connectivity index (χ0v) is 17.8. The Balaban J connectivity index is 1.51. The van der Waals surface area contributed by atoms with Gasteiger partial charge >= 0.3 is 0 Å². The number of piperazine rings is 1. The molecule has 1 aliphatic heterocycles. The van der Waals surface area contributed by atoms with Crippen LogP contribution in [-0.2, 0) is 0 Å². The molecular weight excluding hydrogens is 366 g/mol. The number of para-hydroxylation sites is 1. The van der Waals surface area contributed by atoms with Crippen LogP contribution >= 0.6 is 0 Å². The molecule has 0 aliphatic carbocycles. The smallest absolute Gasteiger partial charge is 0.196 e. The highest BCUT2D eigenvalue weighted by atomic mass is 16.5. The maximum absolute atomic E-state index is 13.0. The zero-order chi connectivity index (χ0) is 21.0. The molecule has 0 spiro atoms. The van der Waals surface area contributed by atoms with Crippen LogP contribution in [0.4, 0.5) is 0 Å². The lowest BCUT2D eigenvalue weighted by Crippen LogP contribution is -2.52. The molecule has 0 bridgehead atoms. The highest BCUT2D eigenvalue weighted by Crippen LogP contribution is 2.21. The minimum Gasteiger partial charge on any atom is -0.492 e. The number of ketones is 2. The Morgan fingerprint density at radius 2 is 1.76 bits per heavy atom. The second kappa shape index (κ2) is 9.37. The van der Waals surface area contributed by atoms with E-state index in [9.17, 15) is 9.59 Å². The number of Topliss-reactive ketones (excluding diaryl/α,β-unsaturated/α-hetero) is 2. The summed E-state index contributed by atoms with van der Waals surface area (Å²) in [5.41, 5.74) is 2.75. The third-order valence-electron chi connectivity index (χ3n) is 5.79. The van der Waals surface area contributed by atoms with Gasteiger partial charge in [-0.15, -0.1) is 0 Å². The summed E-state index contributed by atoms with van der Waals surface area (Å²) in [5.74, 6) is 0.945. The molecule has 1 fully saturated rings. The molecule has 6 nitrogen and oxygen atoms in total. The number of aryl methyl sites for hydroxylation is 1. The van der Waals surface area contributed by atoms with Gasteiger partial charge in [0.05, 0.1) is 11.7 Å². The van der Waals surface area contributed by atoms with E-state index in [2.05, 4.69) is 14.8 Å². The highest BCUT2D eigenvalue weighted by molar-refractivity contribution is 6.05. The molecule has 29 heavy (non-hydrogen) atoms. The van der Waals surface area contributed by atoms with Crippen LogP contribution < -0.4 is 4.74 Å². The van der Waals surface area contributed by atoms with Gasteiger partial charge in [-0.2, -0.15) is 0 Å². The molecule has 1 saturated heterocycles. The second-order valence-electron chi connectivity index (χ2n) is 7.76. The van der Waals surface area contributed by atoms with E-state index in [-0.39, 0.29) is 17.6 Å². The van der Waals surface area contributed by atoms with E-state index in [1.165, 1.54) is 0 Å². The molecule has 1 atom stereocenters. The Bertz CT molecular complexity index is 852. The van der Waals surface area contributed by atoms with Gasteiger partial charge in [-0.1, -0.05) is 18.2 Å². The number of carbonyl (C=O) groups excluding carboxylic acids is 2. The van der Waals surface area contributed by atoms with Crippen molar-refractivity contribution in [3.05, 3.63) is 52.8 Å². The van der Waals surface area contributed by atoms with Crippen LogP contribution in [-0.4, -0.2) is 71.7 Å². The molecule has 0 saturated carbocycles. The number of nitrogens with zero attached hydrogens (tertiary/aromatic N) is 2. The minimum absolute atomic E-state index is 0.00529. The van der Waals surface area contributed by atoms with Gasteiger partial charge in [0.25, 0.3) is 0 Å². The number of H-pyrrole nitrogens is 1. The van der Waals surface area contributed by atoms with E-state index in [0.717, 1.165) is 49.7 Å². The summed E-state index contributed by atoms with van der Waals surface area (Å²) in [5, 5.41) is 0. The van der Waals surface area contributed by atoms with Gasteiger partial charge in [-0.25, -0.2) is 0 Å². The normalized spacial score (nSPS) is 16.6. The topological polar surface area (TPSA) is 65.6 Å². The summed E-state index contributed by atoms with van der Waals surface area (Å²) in [6, 6.07) is 9.64. The molecule has 0 amide bonds. The zero-order valence-electron chi connectivity index (χ0n) is 17.8. The number of hydrogen-bond donors (Lipinski definition) is 1. The number of aromatic nitrogens is 1. The van der Waals surface area contributed by atoms with Crippen LogP contribution in [0.1, 0.15) is 46.0 Å². The molecular formula is C23H31N3O3. The standard InChI is InChI=1S/C23H31N3O3/c1-16-21(19(4)27)17(2)24-22(16)23(28)18(3)26-12-10-25(11-13-26)14-15-29-20-8-6-5-7-9-20/h5-9,18,24H,10-15H2,1-4H3. The van der Waals surface area contributed by atoms with Crippen LogP contribution in [0, 0.1) is 13.8 Å². The first-order chi connectivity index (χ1) is 13.9. The van der Waals surface area contributed by atoms with Crippen LogP contribution in [0.15, 0.2) is 30.3 Å². The summed E-state index contributed by atoms with van der Waals surface area (Å²) >= 11 is 0. The number of carbonyl (C=O) groups is 2. The predicted molar refractivity (Wildman–Crippen MR) is 114 cm³/mol. The molecule has 1 N–H and O–H groups in total. The summed E-state index contributed by atoms with van der Waals surface area (Å²) < 4.78 is 5.78. The maximum Gasteiger partial charge on any atom is 0.196 e. The maximum atomic E-state index is 13.0. The molecule has 3 rings (SSSR count). The number of nitrogens with one attached hydrogen (secondary N) is 1. The molecule has 1 unspecified atom stereocenters. The predicted octanol–water partition coefficient (Wildman–Crippen LogP) is 3.10. The average Bonchev–Trinajstić information content (AvgIpc) is 3.02. The van der Waals surface area contributed by atoms with Crippen molar-refractivity contribution in [1.29, 1.82) is 0 Å². The van der Waals surface area contributed by atoms with Crippen molar-refractivity contribution in [3.63, 3.8) is 0 Å². The van der Waals surface area contributed by atoms with E-state index in [0.29, 0.717) is 17.9 Å². The van der Waals surface area contributed by atoms with Crippen molar-refractivity contribution in [1.82, 2.24) is 14.8 Å². The number of hydrogen-bond acceptors (Lipinski definition) is 5. The summed E-state index contributed by atoms with van der Waals surface area (Å²) in [6.07, 6.45) is 0. The number of ether oxygens (including phenoxy) is 1. The van der Waals surface area contributed by atoms with Crippen LogP contribution in [0.2, 0.25) is 0 Å². The first kappa shape index (κ1) is 21.3. The molecule has 0 radical (unpaired) electrons. The van der Waals surface area contributed by atoms with E-state index < -0.39 is 0 Å². The van der Waals surface area contributed by atoms with E-state index in [1.807, 2.05) is 51.1 Å². The highest BCUT2D eigenvalue weighted by Gasteiger charge is 2.29. The molecule has 1 aromatic heterocycles. The Morgan fingerprint density at radius 3 is 2.34 bits per heavy atom. The first-order valence-electron chi connectivity index (χ1n) is 10.3. The fraction of sp³-hybridized carbons (Fsp3) is 0.478. The quantitative estimate of drug-likeness (QED) is 0.694. The van der Waals surface area contributed by atoms with E-state index in [4.69, 9.17) is 4.74 Å². The second-order valence-corrected chi connectivity index (χ2v) is 7.76. The van der Waals surface area contributed by atoms with Gasteiger partial charge in [0.1, 0.15) is 12.4 Å². The monoisotopic (exact) mass is 397 g/mol. The third kappa shape index (κ3) is 4.95.